The number of carbonyl (C=O) groups is 2. The van der Waals surface area contributed by atoms with Crippen molar-refractivity contribution in [3.05, 3.63) is 57.8 Å². The smallest absolute Gasteiger partial charge is 0.225 e. The quantitative estimate of drug-likeness (QED) is 0.608. The number of ketones is 1. The predicted octanol–water partition coefficient (Wildman–Crippen LogP) is 4.77. The maximum atomic E-state index is 13.4. The van der Waals surface area contributed by atoms with Crippen LogP contribution in [0.25, 0.3) is 0 Å². The van der Waals surface area contributed by atoms with Gasteiger partial charge in [-0.3, -0.25) is 9.59 Å². The van der Waals surface area contributed by atoms with Gasteiger partial charge in [0.15, 0.2) is 17.3 Å². The summed E-state index contributed by atoms with van der Waals surface area (Å²) in [7, 11) is 4.66. The molecule has 2 aromatic rings. The molecule has 0 radical (unpaired) electrons. The molecule has 0 saturated heterocycles. The first-order chi connectivity index (χ1) is 16.4. The molecule has 34 heavy (non-hydrogen) atoms. The minimum atomic E-state index is -0.342. The third-order valence-electron chi connectivity index (χ3n) is 6.35. The van der Waals surface area contributed by atoms with Gasteiger partial charge in [0.1, 0.15) is 5.75 Å². The Balaban J connectivity index is 1.70. The van der Waals surface area contributed by atoms with Crippen molar-refractivity contribution >= 4 is 23.3 Å². The molecule has 2 aromatic carbocycles. The Hall–Kier alpha value is -3.19. The van der Waals surface area contributed by atoms with E-state index in [0.717, 1.165) is 11.1 Å². The Bertz CT molecular complexity index is 1130. The van der Waals surface area contributed by atoms with Crippen LogP contribution in [0, 0.1) is 0 Å². The molecule has 0 aromatic heterocycles. The number of amides is 1. The lowest BCUT2D eigenvalue weighted by Gasteiger charge is -2.34. The molecule has 180 valence electrons. The second-order valence-electron chi connectivity index (χ2n) is 8.31. The number of ether oxygens (including phenoxy) is 4. The highest BCUT2D eigenvalue weighted by Gasteiger charge is 2.38. The van der Waals surface area contributed by atoms with Crippen molar-refractivity contribution in [2.75, 3.05) is 27.9 Å². The minimum Gasteiger partial charge on any atom is -0.493 e. The Morgan fingerprint density at radius 1 is 0.912 bits per heavy atom. The average molecular weight is 486 g/mol. The molecule has 1 aliphatic carbocycles. The highest BCUT2D eigenvalue weighted by Crippen LogP contribution is 2.46. The summed E-state index contributed by atoms with van der Waals surface area (Å²) in [6.07, 6.45) is 1.03. The summed E-state index contributed by atoms with van der Waals surface area (Å²) in [4.78, 5) is 26.1. The van der Waals surface area contributed by atoms with Gasteiger partial charge in [-0.05, 0) is 54.7 Å². The van der Waals surface area contributed by atoms with E-state index in [2.05, 4.69) is 5.32 Å². The van der Waals surface area contributed by atoms with E-state index in [1.807, 2.05) is 25.1 Å². The van der Waals surface area contributed by atoms with Crippen LogP contribution in [-0.2, 0) is 9.59 Å². The van der Waals surface area contributed by atoms with Gasteiger partial charge in [-0.1, -0.05) is 17.7 Å². The summed E-state index contributed by atoms with van der Waals surface area (Å²) in [6, 6.07) is 9.18. The number of nitrogens with one attached hydrogen (secondary N) is 1. The van der Waals surface area contributed by atoms with Crippen LogP contribution >= 0.6 is 11.6 Å². The molecule has 4 rings (SSSR count). The van der Waals surface area contributed by atoms with Gasteiger partial charge in [0.25, 0.3) is 0 Å². The number of benzene rings is 2. The predicted molar refractivity (Wildman–Crippen MR) is 128 cm³/mol. The van der Waals surface area contributed by atoms with Crippen LogP contribution in [0.2, 0.25) is 5.02 Å². The molecule has 0 spiro atoms. The van der Waals surface area contributed by atoms with Crippen LogP contribution in [0.15, 0.2) is 41.6 Å². The first kappa shape index (κ1) is 24.0. The van der Waals surface area contributed by atoms with E-state index in [-0.39, 0.29) is 29.9 Å². The zero-order valence-electron chi connectivity index (χ0n) is 19.7. The van der Waals surface area contributed by atoms with E-state index in [1.54, 1.807) is 33.5 Å². The standard InChI is InChI=1S/C26H28ClNO6/c1-5-34-21-7-6-14(8-18(21)27)17-13-24(30)28-19-9-15(10-20(29)25(17)19)16-11-22(31-2)26(33-4)23(12-16)32-3/h6-8,11-12,15,17H,5,9-10,13H2,1-4H3,(H,28,30). The maximum Gasteiger partial charge on any atom is 0.225 e. The van der Waals surface area contributed by atoms with Crippen LogP contribution in [0.4, 0.5) is 0 Å². The summed E-state index contributed by atoms with van der Waals surface area (Å²) in [5.74, 6) is 1.54. The molecule has 1 aliphatic heterocycles. The Morgan fingerprint density at radius 3 is 2.21 bits per heavy atom. The molecule has 2 unspecified atom stereocenters. The number of carbonyl (C=O) groups excluding carboxylic acids is 2. The second kappa shape index (κ2) is 9.97. The zero-order valence-corrected chi connectivity index (χ0v) is 20.5. The summed E-state index contributed by atoms with van der Waals surface area (Å²) in [6.45, 7) is 2.39. The van der Waals surface area contributed by atoms with Gasteiger partial charge in [-0.2, -0.15) is 0 Å². The van der Waals surface area contributed by atoms with Crippen molar-refractivity contribution in [3.8, 4) is 23.0 Å². The van der Waals surface area contributed by atoms with Crippen LogP contribution in [0.5, 0.6) is 23.0 Å². The number of halogens is 1. The summed E-state index contributed by atoms with van der Waals surface area (Å²) < 4.78 is 21.9. The number of allylic oxidation sites excluding steroid dienone is 2. The van der Waals surface area contributed by atoms with Gasteiger partial charge in [0.2, 0.25) is 11.7 Å². The number of Topliss-reactive ketones (excluding diaryl/α,β-unsaturated/α-hetero) is 1. The first-order valence-corrected chi connectivity index (χ1v) is 11.6. The monoisotopic (exact) mass is 485 g/mol. The Labute approximate surface area is 204 Å². The molecular weight excluding hydrogens is 458 g/mol. The fourth-order valence-corrected chi connectivity index (χ4v) is 5.07. The SMILES string of the molecule is CCOc1ccc(C2CC(=O)NC3=C2C(=O)CC(c2cc(OC)c(OC)c(OC)c2)C3)cc1Cl. The molecule has 7 nitrogen and oxygen atoms in total. The molecular formula is C26H28ClNO6. The normalized spacial score (nSPS) is 19.9. The summed E-state index contributed by atoms with van der Waals surface area (Å²) >= 11 is 6.40. The highest BCUT2D eigenvalue weighted by atomic mass is 35.5. The van der Waals surface area contributed by atoms with E-state index in [0.29, 0.717) is 58.7 Å². The van der Waals surface area contributed by atoms with Crippen molar-refractivity contribution < 1.29 is 28.5 Å². The number of rotatable bonds is 7. The van der Waals surface area contributed by atoms with Crippen LogP contribution < -0.4 is 24.3 Å². The van der Waals surface area contributed by atoms with Gasteiger partial charge in [-0.25, -0.2) is 0 Å². The van der Waals surface area contributed by atoms with E-state index >= 15 is 0 Å². The zero-order chi connectivity index (χ0) is 24.4. The molecule has 1 heterocycles. The second-order valence-corrected chi connectivity index (χ2v) is 8.71. The van der Waals surface area contributed by atoms with Gasteiger partial charge < -0.3 is 24.3 Å². The third kappa shape index (κ3) is 4.44. The highest BCUT2D eigenvalue weighted by molar-refractivity contribution is 6.32. The van der Waals surface area contributed by atoms with Crippen molar-refractivity contribution in [3.63, 3.8) is 0 Å². The van der Waals surface area contributed by atoms with E-state index in [9.17, 15) is 9.59 Å². The molecule has 2 aliphatic rings. The molecule has 1 amide bonds. The molecule has 0 saturated carbocycles. The fraction of sp³-hybridized carbons (Fsp3) is 0.385. The molecule has 0 fully saturated rings. The molecule has 2 atom stereocenters. The number of hydrogen-bond donors (Lipinski definition) is 1. The fourth-order valence-electron chi connectivity index (χ4n) is 4.82. The minimum absolute atomic E-state index is 0.00927. The van der Waals surface area contributed by atoms with E-state index < -0.39 is 0 Å². The van der Waals surface area contributed by atoms with Gasteiger partial charge in [-0.15, -0.1) is 0 Å². The van der Waals surface area contributed by atoms with E-state index in [4.69, 9.17) is 30.5 Å². The lowest BCUT2D eigenvalue weighted by molar-refractivity contribution is -0.122. The lowest BCUT2D eigenvalue weighted by atomic mass is 9.73. The van der Waals surface area contributed by atoms with Crippen LogP contribution in [0.3, 0.4) is 0 Å². The largest absolute Gasteiger partial charge is 0.493 e. The van der Waals surface area contributed by atoms with Gasteiger partial charge >= 0.3 is 0 Å². The molecule has 0 bridgehead atoms. The maximum absolute atomic E-state index is 13.4. The van der Waals surface area contributed by atoms with Crippen molar-refractivity contribution in [1.82, 2.24) is 5.32 Å². The summed E-state index contributed by atoms with van der Waals surface area (Å²) in [5.41, 5.74) is 3.04. The Morgan fingerprint density at radius 2 is 1.62 bits per heavy atom. The van der Waals surface area contributed by atoms with E-state index in [1.165, 1.54) is 0 Å². The molecule has 1 N–H and O–H groups in total. The average Bonchev–Trinajstić information content (AvgIpc) is 2.83. The third-order valence-corrected chi connectivity index (χ3v) is 6.65. The molecule has 8 heteroatoms. The number of hydrogen-bond acceptors (Lipinski definition) is 6. The van der Waals surface area contributed by atoms with Gasteiger partial charge in [0.05, 0.1) is 33.0 Å². The van der Waals surface area contributed by atoms with Crippen molar-refractivity contribution in [2.24, 2.45) is 0 Å². The Kier molecular flexibility index (Phi) is 7.03. The van der Waals surface area contributed by atoms with Crippen molar-refractivity contribution in [2.45, 2.75) is 38.0 Å². The van der Waals surface area contributed by atoms with Crippen LogP contribution in [-0.4, -0.2) is 39.6 Å². The lowest BCUT2D eigenvalue weighted by Crippen LogP contribution is -2.38. The first-order valence-electron chi connectivity index (χ1n) is 11.2. The number of methoxy groups -OCH3 is 3. The van der Waals surface area contributed by atoms with Crippen molar-refractivity contribution in [1.29, 1.82) is 0 Å². The summed E-state index contributed by atoms with van der Waals surface area (Å²) in [5, 5.41) is 3.41. The topological polar surface area (TPSA) is 83.1 Å². The van der Waals surface area contributed by atoms with Crippen LogP contribution in [0.1, 0.15) is 49.1 Å². The van der Waals surface area contributed by atoms with Gasteiger partial charge in [0, 0.05) is 30.0 Å².